The summed E-state index contributed by atoms with van der Waals surface area (Å²) in [5, 5.41) is 8.34. The number of aromatic nitrogens is 3. The van der Waals surface area contributed by atoms with Crippen molar-refractivity contribution in [2.75, 3.05) is 0 Å². The average Bonchev–Trinajstić information content (AvgIpc) is 2.59. The Morgan fingerprint density at radius 2 is 1.71 bits per heavy atom. The number of benzene rings is 1. The van der Waals surface area contributed by atoms with E-state index in [0.29, 0.717) is 6.54 Å². The molecule has 0 fully saturated rings. The van der Waals surface area contributed by atoms with Crippen molar-refractivity contribution in [3.05, 3.63) is 34.6 Å². The first-order valence-corrected chi connectivity index (χ1v) is 5.71. The lowest BCUT2D eigenvalue weighted by atomic mass is 9.99. The largest absolute Gasteiger partial charge is 0.324 e. The van der Waals surface area contributed by atoms with Gasteiger partial charge in [0, 0.05) is 12.6 Å². The monoisotopic (exact) mass is 230 g/mol. The molecule has 2 aromatic rings. The van der Waals surface area contributed by atoms with Gasteiger partial charge in [0.25, 0.3) is 0 Å². The Labute approximate surface area is 101 Å². The van der Waals surface area contributed by atoms with Crippen LogP contribution in [0.1, 0.15) is 22.5 Å². The summed E-state index contributed by atoms with van der Waals surface area (Å²) in [5.41, 5.74) is 10.5. The lowest BCUT2D eigenvalue weighted by molar-refractivity contribution is 0.796. The van der Waals surface area contributed by atoms with E-state index in [-0.39, 0.29) is 0 Å². The van der Waals surface area contributed by atoms with Gasteiger partial charge in [0.1, 0.15) is 5.82 Å². The minimum Gasteiger partial charge on any atom is -0.324 e. The van der Waals surface area contributed by atoms with E-state index >= 15 is 0 Å². The van der Waals surface area contributed by atoms with Crippen LogP contribution in [0.4, 0.5) is 0 Å². The summed E-state index contributed by atoms with van der Waals surface area (Å²) in [6, 6.07) is 4.33. The van der Waals surface area contributed by atoms with Gasteiger partial charge in [-0.15, -0.1) is 10.2 Å². The molecule has 0 radical (unpaired) electrons. The van der Waals surface area contributed by atoms with Gasteiger partial charge < -0.3 is 10.3 Å². The van der Waals surface area contributed by atoms with Crippen LogP contribution in [0.15, 0.2) is 12.1 Å². The highest BCUT2D eigenvalue weighted by molar-refractivity contribution is 5.65. The third-order valence-corrected chi connectivity index (χ3v) is 3.05. The number of hydrogen-bond acceptors (Lipinski definition) is 3. The molecule has 90 valence electrons. The summed E-state index contributed by atoms with van der Waals surface area (Å²) in [7, 11) is 1.95. The highest BCUT2D eigenvalue weighted by atomic mass is 15.3. The van der Waals surface area contributed by atoms with E-state index < -0.39 is 0 Å². The fourth-order valence-corrected chi connectivity index (χ4v) is 2.29. The predicted molar refractivity (Wildman–Crippen MR) is 68.5 cm³/mol. The van der Waals surface area contributed by atoms with Gasteiger partial charge in [0.2, 0.25) is 0 Å². The van der Waals surface area contributed by atoms with Gasteiger partial charge in [0.05, 0.1) is 6.54 Å². The molecule has 4 nitrogen and oxygen atoms in total. The molecule has 2 N–H and O–H groups in total. The van der Waals surface area contributed by atoms with Crippen molar-refractivity contribution in [2.24, 2.45) is 12.8 Å². The van der Waals surface area contributed by atoms with Gasteiger partial charge in [-0.05, 0) is 31.9 Å². The van der Waals surface area contributed by atoms with Gasteiger partial charge in [-0.1, -0.05) is 17.7 Å². The molecule has 1 heterocycles. The standard InChI is InChI=1S/C13H18N4/c1-8-5-9(2)12(10(3)6-8)13-16-15-11(7-14)17(13)4/h5-6H,7,14H2,1-4H3. The summed E-state index contributed by atoms with van der Waals surface area (Å²) in [6.07, 6.45) is 0. The first-order valence-electron chi connectivity index (χ1n) is 5.71. The van der Waals surface area contributed by atoms with Gasteiger partial charge in [0.15, 0.2) is 5.82 Å². The first kappa shape index (κ1) is 11.8. The van der Waals surface area contributed by atoms with Crippen LogP contribution in [-0.2, 0) is 13.6 Å². The molecule has 0 aliphatic carbocycles. The maximum atomic E-state index is 5.62. The summed E-state index contributed by atoms with van der Waals surface area (Å²) in [6.45, 7) is 6.72. The Kier molecular flexibility index (Phi) is 2.98. The van der Waals surface area contributed by atoms with Crippen LogP contribution < -0.4 is 5.73 Å². The first-order chi connectivity index (χ1) is 8.04. The van der Waals surface area contributed by atoms with E-state index in [1.54, 1.807) is 0 Å². The smallest absolute Gasteiger partial charge is 0.164 e. The molecule has 0 saturated heterocycles. The minimum absolute atomic E-state index is 0.410. The molecule has 0 aliphatic heterocycles. The zero-order valence-corrected chi connectivity index (χ0v) is 10.8. The number of nitrogens with zero attached hydrogens (tertiary/aromatic N) is 3. The maximum Gasteiger partial charge on any atom is 0.164 e. The second-order valence-corrected chi connectivity index (χ2v) is 4.48. The highest BCUT2D eigenvalue weighted by Gasteiger charge is 2.14. The SMILES string of the molecule is Cc1cc(C)c(-c2nnc(CN)n2C)c(C)c1. The molecule has 1 aromatic carbocycles. The highest BCUT2D eigenvalue weighted by Crippen LogP contribution is 2.26. The van der Waals surface area contributed by atoms with E-state index in [9.17, 15) is 0 Å². The summed E-state index contributed by atoms with van der Waals surface area (Å²) in [5.74, 6) is 1.69. The quantitative estimate of drug-likeness (QED) is 0.856. The summed E-state index contributed by atoms with van der Waals surface area (Å²) < 4.78 is 1.96. The molecule has 0 spiro atoms. The zero-order valence-electron chi connectivity index (χ0n) is 10.8. The van der Waals surface area contributed by atoms with Crippen molar-refractivity contribution in [3.63, 3.8) is 0 Å². The third-order valence-electron chi connectivity index (χ3n) is 3.05. The molecule has 4 heteroatoms. The number of hydrogen-bond donors (Lipinski definition) is 1. The Hall–Kier alpha value is -1.68. The van der Waals surface area contributed by atoms with Crippen molar-refractivity contribution in [2.45, 2.75) is 27.3 Å². The third kappa shape index (κ3) is 1.96. The van der Waals surface area contributed by atoms with Crippen LogP contribution in [0.3, 0.4) is 0 Å². The van der Waals surface area contributed by atoms with Gasteiger partial charge in [-0.3, -0.25) is 0 Å². The predicted octanol–water partition coefficient (Wildman–Crippen LogP) is 1.87. The topological polar surface area (TPSA) is 56.7 Å². The molecule has 2 rings (SSSR count). The van der Waals surface area contributed by atoms with Crippen molar-refractivity contribution in [1.82, 2.24) is 14.8 Å². The summed E-state index contributed by atoms with van der Waals surface area (Å²) in [4.78, 5) is 0. The summed E-state index contributed by atoms with van der Waals surface area (Å²) >= 11 is 0. The van der Waals surface area contributed by atoms with E-state index in [1.807, 2.05) is 11.6 Å². The lowest BCUT2D eigenvalue weighted by Gasteiger charge is -2.10. The van der Waals surface area contributed by atoms with Crippen LogP contribution >= 0.6 is 0 Å². The van der Waals surface area contributed by atoms with Crippen LogP contribution in [0.25, 0.3) is 11.4 Å². The van der Waals surface area contributed by atoms with E-state index in [4.69, 9.17) is 5.73 Å². The molecule has 0 aliphatic rings. The van der Waals surface area contributed by atoms with Crippen molar-refractivity contribution >= 4 is 0 Å². The molecule has 1 aromatic heterocycles. The molecule has 17 heavy (non-hydrogen) atoms. The Balaban J connectivity index is 2.64. The van der Waals surface area contributed by atoms with E-state index in [1.165, 1.54) is 16.7 Å². The molecular formula is C13H18N4. The molecule has 0 amide bonds. The molecule has 0 bridgehead atoms. The number of rotatable bonds is 2. The Bertz CT molecular complexity index is 532. The molecule has 0 unspecified atom stereocenters. The normalized spacial score (nSPS) is 10.9. The van der Waals surface area contributed by atoms with Crippen molar-refractivity contribution in [3.8, 4) is 11.4 Å². The average molecular weight is 230 g/mol. The Morgan fingerprint density at radius 3 is 2.18 bits per heavy atom. The van der Waals surface area contributed by atoms with Gasteiger partial charge in [-0.25, -0.2) is 0 Å². The lowest BCUT2D eigenvalue weighted by Crippen LogP contribution is -2.06. The number of aryl methyl sites for hydroxylation is 3. The molecular weight excluding hydrogens is 212 g/mol. The van der Waals surface area contributed by atoms with Crippen LogP contribution in [-0.4, -0.2) is 14.8 Å². The fraction of sp³-hybridized carbons (Fsp3) is 0.385. The second kappa shape index (κ2) is 4.30. The number of nitrogens with two attached hydrogens (primary N) is 1. The molecule has 0 atom stereocenters. The molecule has 0 saturated carbocycles. The Morgan fingerprint density at radius 1 is 1.12 bits per heavy atom. The minimum atomic E-state index is 0.410. The fourth-order valence-electron chi connectivity index (χ4n) is 2.29. The zero-order chi connectivity index (χ0) is 12.6. The van der Waals surface area contributed by atoms with Crippen molar-refractivity contribution in [1.29, 1.82) is 0 Å². The van der Waals surface area contributed by atoms with Crippen LogP contribution in [0.5, 0.6) is 0 Å². The van der Waals surface area contributed by atoms with Crippen LogP contribution in [0.2, 0.25) is 0 Å². The van der Waals surface area contributed by atoms with E-state index in [2.05, 4.69) is 43.1 Å². The van der Waals surface area contributed by atoms with E-state index in [0.717, 1.165) is 17.2 Å². The van der Waals surface area contributed by atoms with Crippen molar-refractivity contribution < 1.29 is 0 Å². The van der Waals surface area contributed by atoms with Crippen LogP contribution in [0, 0.1) is 20.8 Å². The second-order valence-electron chi connectivity index (χ2n) is 4.48. The maximum absolute atomic E-state index is 5.62. The van der Waals surface area contributed by atoms with Gasteiger partial charge in [-0.2, -0.15) is 0 Å². The van der Waals surface area contributed by atoms with Gasteiger partial charge >= 0.3 is 0 Å².